The summed E-state index contributed by atoms with van der Waals surface area (Å²) in [6, 6.07) is 3.52. The molecule has 1 atom stereocenters. The fraction of sp³-hybridized carbons (Fsp3) is 0.571. The number of piperazine rings is 1. The summed E-state index contributed by atoms with van der Waals surface area (Å²) in [5.41, 5.74) is -0.0589. The Morgan fingerprint density at radius 3 is 2.32 bits per heavy atom. The first-order valence-electron chi connectivity index (χ1n) is 6.75. The van der Waals surface area contributed by atoms with E-state index < -0.39 is 11.7 Å². The highest BCUT2D eigenvalue weighted by Gasteiger charge is 2.32. The smallest absolute Gasteiger partial charge is 0.314 e. The molecule has 128 valence electrons. The van der Waals surface area contributed by atoms with Crippen molar-refractivity contribution in [1.29, 1.82) is 0 Å². The average Bonchev–Trinajstić information content (AvgIpc) is 2.41. The summed E-state index contributed by atoms with van der Waals surface area (Å²) in [5.74, 6) is 0. The molecule has 0 bridgehead atoms. The summed E-state index contributed by atoms with van der Waals surface area (Å²) >= 11 is 6.13. The predicted molar refractivity (Wildman–Crippen MR) is 88.4 cm³/mol. The van der Waals surface area contributed by atoms with E-state index in [1.165, 1.54) is 12.1 Å². The number of halogens is 6. The van der Waals surface area contributed by atoms with E-state index in [4.69, 9.17) is 11.6 Å². The van der Waals surface area contributed by atoms with E-state index in [0.29, 0.717) is 10.6 Å². The maximum absolute atomic E-state index is 12.8. The van der Waals surface area contributed by atoms with Crippen LogP contribution in [0.5, 0.6) is 0 Å². The van der Waals surface area contributed by atoms with Crippen molar-refractivity contribution < 1.29 is 13.2 Å². The van der Waals surface area contributed by atoms with Crippen LogP contribution in [0, 0.1) is 0 Å². The summed E-state index contributed by atoms with van der Waals surface area (Å²) in [5, 5.41) is 3.65. The molecule has 1 aromatic carbocycles. The Bertz CT molecular complexity index is 463. The molecule has 0 radical (unpaired) electrons. The van der Waals surface area contributed by atoms with Crippen LogP contribution in [-0.2, 0) is 6.18 Å². The maximum atomic E-state index is 12.8. The number of hydrogen-bond donors (Lipinski definition) is 1. The molecule has 2 rings (SSSR count). The summed E-state index contributed by atoms with van der Waals surface area (Å²) < 4.78 is 38.5. The first-order chi connectivity index (χ1) is 9.43. The van der Waals surface area contributed by atoms with Gasteiger partial charge in [0.05, 0.1) is 5.56 Å². The summed E-state index contributed by atoms with van der Waals surface area (Å²) in [7, 11) is 0. The van der Waals surface area contributed by atoms with Gasteiger partial charge in [0.2, 0.25) is 0 Å². The zero-order valence-electron chi connectivity index (χ0n) is 12.1. The van der Waals surface area contributed by atoms with Gasteiger partial charge >= 0.3 is 6.18 Å². The topological polar surface area (TPSA) is 15.3 Å². The monoisotopic (exact) mass is 378 g/mol. The molecule has 1 N–H and O–H groups in total. The van der Waals surface area contributed by atoms with Crippen LogP contribution >= 0.6 is 36.4 Å². The molecule has 8 heteroatoms. The average molecular weight is 380 g/mol. The molecule has 0 aliphatic carbocycles. The van der Waals surface area contributed by atoms with Crippen LogP contribution in [0.3, 0.4) is 0 Å². The number of nitrogens with zero attached hydrogens (tertiary/aromatic N) is 1. The van der Waals surface area contributed by atoms with E-state index in [9.17, 15) is 13.2 Å². The molecule has 0 amide bonds. The lowest BCUT2D eigenvalue weighted by Crippen LogP contribution is -2.45. The number of benzene rings is 1. The van der Waals surface area contributed by atoms with Crippen molar-refractivity contribution in [2.75, 3.05) is 26.2 Å². The molecule has 0 spiro atoms. The third kappa shape index (κ3) is 5.17. The van der Waals surface area contributed by atoms with Crippen LogP contribution in [0.4, 0.5) is 13.2 Å². The van der Waals surface area contributed by atoms with Crippen LogP contribution < -0.4 is 5.32 Å². The van der Waals surface area contributed by atoms with E-state index in [-0.39, 0.29) is 30.9 Å². The van der Waals surface area contributed by atoms with Crippen molar-refractivity contribution in [1.82, 2.24) is 10.2 Å². The van der Waals surface area contributed by atoms with E-state index >= 15 is 0 Å². The van der Waals surface area contributed by atoms with Gasteiger partial charge in [0.15, 0.2) is 0 Å². The Labute approximate surface area is 146 Å². The van der Waals surface area contributed by atoms with Crippen LogP contribution in [0.1, 0.15) is 30.5 Å². The lowest BCUT2D eigenvalue weighted by Gasteiger charge is -2.35. The SMILES string of the molecule is CC[C@@H](c1cc(C(F)(F)F)ccc1Cl)N1CCNCC1.Cl.Cl. The standard InChI is InChI=1S/C14H18ClF3N2.2ClH/c1-2-13(20-7-5-19-6-8-20)11-9-10(14(16,17)18)3-4-12(11)15;;/h3-4,9,13,19H,2,5-8H2,1H3;2*1H/t13-;;/m0../s1. The number of alkyl halides is 3. The van der Waals surface area contributed by atoms with Crippen LogP contribution in [-0.4, -0.2) is 31.1 Å². The van der Waals surface area contributed by atoms with Crippen LogP contribution in [0.2, 0.25) is 5.02 Å². The van der Waals surface area contributed by atoms with Gasteiger partial charge in [-0.25, -0.2) is 0 Å². The molecular weight excluding hydrogens is 360 g/mol. The molecule has 1 heterocycles. The minimum atomic E-state index is -4.33. The Balaban J connectivity index is 0.00000220. The molecule has 1 aromatic rings. The third-order valence-electron chi connectivity index (χ3n) is 3.66. The molecule has 1 saturated heterocycles. The summed E-state index contributed by atoms with van der Waals surface area (Å²) in [4.78, 5) is 2.19. The van der Waals surface area contributed by atoms with E-state index in [2.05, 4.69) is 10.2 Å². The van der Waals surface area contributed by atoms with E-state index in [0.717, 1.165) is 38.7 Å². The molecule has 0 unspecified atom stereocenters. The molecule has 22 heavy (non-hydrogen) atoms. The minimum Gasteiger partial charge on any atom is -0.314 e. The van der Waals surface area contributed by atoms with Gasteiger partial charge in [0, 0.05) is 37.2 Å². The fourth-order valence-electron chi connectivity index (χ4n) is 2.64. The van der Waals surface area contributed by atoms with Crippen molar-refractivity contribution in [2.24, 2.45) is 0 Å². The number of hydrogen-bond acceptors (Lipinski definition) is 2. The zero-order valence-corrected chi connectivity index (χ0v) is 14.5. The van der Waals surface area contributed by atoms with E-state index in [1.54, 1.807) is 0 Å². The number of nitrogens with one attached hydrogen (secondary N) is 1. The minimum absolute atomic E-state index is 0. The highest BCUT2D eigenvalue weighted by atomic mass is 35.5. The molecule has 1 fully saturated rings. The maximum Gasteiger partial charge on any atom is 0.416 e. The lowest BCUT2D eigenvalue weighted by atomic mass is 9.99. The van der Waals surface area contributed by atoms with Crippen molar-refractivity contribution in [3.63, 3.8) is 0 Å². The second kappa shape index (κ2) is 9.18. The largest absolute Gasteiger partial charge is 0.416 e. The highest BCUT2D eigenvalue weighted by Crippen LogP contribution is 2.36. The first kappa shape index (κ1) is 21.8. The molecule has 0 aromatic heterocycles. The normalized spacial score (nSPS) is 17.3. The van der Waals surface area contributed by atoms with Gasteiger partial charge in [-0.15, -0.1) is 24.8 Å². The van der Waals surface area contributed by atoms with Gasteiger partial charge in [-0.1, -0.05) is 18.5 Å². The Kier molecular flexibility index (Phi) is 9.10. The first-order valence-corrected chi connectivity index (χ1v) is 7.12. The Morgan fingerprint density at radius 2 is 1.82 bits per heavy atom. The van der Waals surface area contributed by atoms with Crippen molar-refractivity contribution in [3.8, 4) is 0 Å². The summed E-state index contributed by atoms with van der Waals surface area (Å²) in [6.45, 7) is 5.33. The molecular formula is C14H20Cl3F3N2. The van der Waals surface area contributed by atoms with Gasteiger partial charge in [-0.05, 0) is 30.2 Å². The Morgan fingerprint density at radius 1 is 1.23 bits per heavy atom. The van der Waals surface area contributed by atoms with Crippen LogP contribution in [0.15, 0.2) is 18.2 Å². The second-order valence-electron chi connectivity index (χ2n) is 4.94. The van der Waals surface area contributed by atoms with Crippen molar-refractivity contribution >= 4 is 36.4 Å². The molecule has 0 saturated carbocycles. The van der Waals surface area contributed by atoms with Gasteiger partial charge in [-0.3, -0.25) is 4.90 Å². The van der Waals surface area contributed by atoms with Crippen LogP contribution in [0.25, 0.3) is 0 Å². The van der Waals surface area contributed by atoms with Gasteiger partial charge in [0.1, 0.15) is 0 Å². The lowest BCUT2D eigenvalue weighted by molar-refractivity contribution is -0.137. The predicted octanol–water partition coefficient (Wildman–Crippen LogP) is 4.56. The zero-order chi connectivity index (χ0) is 14.8. The Hall–Kier alpha value is -0.200. The van der Waals surface area contributed by atoms with Crippen molar-refractivity contribution in [2.45, 2.75) is 25.6 Å². The summed E-state index contributed by atoms with van der Waals surface area (Å²) in [6.07, 6.45) is -3.60. The third-order valence-corrected chi connectivity index (χ3v) is 4.01. The second-order valence-corrected chi connectivity index (χ2v) is 5.35. The highest BCUT2D eigenvalue weighted by molar-refractivity contribution is 6.31. The quantitative estimate of drug-likeness (QED) is 0.828. The molecule has 2 nitrogen and oxygen atoms in total. The van der Waals surface area contributed by atoms with E-state index in [1.807, 2.05) is 6.92 Å². The molecule has 1 aliphatic heterocycles. The van der Waals surface area contributed by atoms with Gasteiger partial charge in [0.25, 0.3) is 0 Å². The number of rotatable bonds is 3. The van der Waals surface area contributed by atoms with Crippen molar-refractivity contribution in [3.05, 3.63) is 34.3 Å². The molecule has 1 aliphatic rings. The fourth-order valence-corrected chi connectivity index (χ4v) is 2.89. The van der Waals surface area contributed by atoms with Gasteiger partial charge in [-0.2, -0.15) is 13.2 Å². The van der Waals surface area contributed by atoms with Gasteiger partial charge < -0.3 is 5.32 Å².